The summed E-state index contributed by atoms with van der Waals surface area (Å²) in [5.41, 5.74) is 0.580. The summed E-state index contributed by atoms with van der Waals surface area (Å²) in [4.78, 5) is 32.8. The van der Waals surface area contributed by atoms with Gasteiger partial charge in [0.05, 0.1) is 17.2 Å². The molecule has 1 aromatic carbocycles. The molecule has 154 valence electrons. The molecule has 29 heavy (non-hydrogen) atoms. The molecule has 1 saturated heterocycles. The molecule has 2 heterocycles. The van der Waals surface area contributed by atoms with E-state index >= 15 is 0 Å². The molecule has 2 amide bonds. The minimum absolute atomic E-state index is 0.0350. The Labute approximate surface area is 183 Å². The molecule has 0 spiro atoms. The summed E-state index contributed by atoms with van der Waals surface area (Å²) in [7, 11) is 0. The lowest BCUT2D eigenvalue weighted by atomic mass is 10.2. The van der Waals surface area contributed by atoms with Gasteiger partial charge in [0.2, 0.25) is 5.91 Å². The summed E-state index contributed by atoms with van der Waals surface area (Å²) in [6.07, 6.45) is 5.01. The molecule has 8 heteroatoms. The van der Waals surface area contributed by atoms with Gasteiger partial charge in [0.1, 0.15) is 5.75 Å². The van der Waals surface area contributed by atoms with E-state index in [-0.39, 0.29) is 11.8 Å². The predicted molar refractivity (Wildman–Crippen MR) is 115 cm³/mol. The quantitative estimate of drug-likeness (QED) is 0.586. The predicted octanol–water partition coefficient (Wildman–Crippen LogP) is 4.03. The number of ether oxygens (including phenoxy) is 1. The lowest BCUT2D eigenvalue weighted by Gasteiger charge is -2.22. The van der Waals surface area contributed by atoms with Gasteiger partial charge in [-0.25, -0.2) is 0 Å². The first-order valence-electron chi connectivity index (χ1n) is 9.59. The van der Waals surface area contributed by atoms with Crippen LogP contribution < -0.4 is 4.74 Å². The Kier molecular flexibility index (Phi) is 7.89. The molecule has 0 N–H and O–H groups in total. The fourth-order valence-electron chi connectivity index (χ4n) is 3.20. The lowest BCUT2D eigenvalue weighted by molar-refractivity contribution is -0.131. The van der Waals surface area contributed by atoms with E-state index in [2.05, 4.69) is 20.9 Å². The zero-order valence-electron chi connectivity index (χ0n) is 16.0. The molecule has 0 saturated carbocycles. The number of nitrogens with zero attached hydrogens (tertiary/aromatic N) is 3. The Morgan fingerprint density at radius 1 is 1.14 bits per heavy atom. The maximum absolute atomic E-state index is 12.6. The van der Waals surface area contributed by atoms with Gasteiger partial charge >= 0.3 is 0 Å². The monoisotopic (exact) mass is 479 g/mol. The molecular weight excluding hydrogens is 458 g/mol. The molecule has 1 aliphatic heterocycles. The maximum atomic E-state index is 12.6. The van der Waals surface area contributed by atoms with Gasteiger partial charge < -0.3 is 14.5 Å². The van der Waals surface area contributed by atoms with E-state index in [1.54, 1.807) is 41.6 Å². The van der Waals surface area contributed by atoms with Crippen molar-refractivity contribution in [1.82, 2.24) is 14.8 Å². The molecule has 6 nitrogen and oxygen atoms in total. The number of carbonyl (C=O) groups is 2. The summed E-state index contributed by atoms with van der Waals surface area (Å²) in [6.45, 7) is 2.80. The number of amides is 2. The largest absolute Gasteiger partial charge is 0.492 e. The van der Waals surface area contributed by atoms with Gasteiger partial charge in [0, 0.05) is 49.5 Å². The lowest BCUT2D eigenvalue weighted by Crippen LogP contribution is -2.37. The third-order valence-corrected chi connectivity index (χ3v) is 5.52. The van der Waals surface area contributed by atoms with E-state index in [9.17, 15) is 9.59 Å². The van der Waals surface area contributed by atoms with Crippen LogP contribution in [0.2, 0.25) is 5.02 Å². The SMILES string of the molecule is O=C(CCCOc1ccc(Br)cc1Cl)N1CCCN(C(=O)c2cccnc2)CC1. The first-order valence-corrected chi connectivity index (χ1v) is 10.8. The number of hydrogen-bond donors (Lipinski definition) is 0. The molecule has 1 aromatic heterocycles. The smallest absolute Gasteiger partial charge is 0.255 e. The van der Waals surface area contributed by atoms with E-state index in [4.69, 9.17) is 16.3 Å². The Morgan fingerprint density at radius 2 is 1.93 bits per heavy atom. The number of carbonyl (C=O) groups excluding carboxylic acids is 2. The average Bonchev–Trinajstić information content (AvgIpc) is 2.99. The van der Waals surface area contributed by atoms with Crippen molar-refractivity contribution in [2.75, 3.05) is 32.8 Å². The Bertz CT molecular complexity index is 850. The van der Waals surface area contributed by atoms with Gasteiger partial charge in [-0.1, -0.05) is 27.5 Å². The number of hydrogen-bond acceptors (Lipinski definition) is 4. The molecule has 1 aliphatic rings. The zero-order valence-corrected chi connectivity index (χ0v) is 18.4. The molecule has 0 unspecified atom stereocenters. The van der Waals surface area contributed by atoms with Crippen LogP contribution in [0.1, 0.15) is 29.6 Å². The summed E-state index contributed by atoms with van der Waals surface area (Å²) < 4.78 is 6.56. The molecule has 2 aromatic rings. The van der Waals surface area contributed by atoms with Crippen LogP contribution in [0.3, 0.4) is 0 Å². The number of halogens is 2. The van der Waals surface area contributed by atoms with Crippen LogP contribution in [0.25, 0.3) is 0 Å². The van der Waals surface area contributed by atoms with Crippen molar-refractivity contribution in [3.8, 4) is 5.75 Å². The Morgan fingerprint density at radius 3 is 2.69 bits per heavy atom. The minimum Gasteiger partial charge on any atom is -0.492 e. The van der Waals surface area contributed by atoms with E-state index in [1.807, 2.05) is 11.0 Å². The standard InChI is InChI=1S/C21H23BrClN3O3/c22-17-6-7-19(18(23)14-17)29-13-2-5-20(27)25-9-3-10-26(12-11-25)21(28)16-4-1-8-24-15-16/h1,4,6-8,14-15H,2-3,5,9-13H2. The average molecular weight is 481 g/mol. The highest BCUT2D eigenvalue weighted by atomic mass is 79.9. The van der Waals surface area contributed by atoms with Crippen molar-refractivity contribution >= 4 is 39.3 Å². The number of pyridine rings is 1. The number of benzene rings is 1. The van der Waals surface area contributed by atoms with Crippen molar-refractivity contribution in [2.45, 2.75) is 19.3 Å². The highest BCUT2D eigenvalue weighted by Gasteiger charge is 2.22. The maximum Gasteiger partial charge on any atom is 0.255 e. The van der Waals surface area contributed by atoms with E-state index < -0.39 is 0 Å². The fourth-order valence-corrected chi connectivity index (χ4v) is 3.93. The van der Waals surface area contributed by atoms with Gasteiger partial charge in [-0.15, -0.1) is 0 Å². The Hall–Kier alpha value is -2.12. The second kappa shape index (κ2) is 10.6. The number of aromatic nitrogens is 1. The minimum atomic E-state index is -0.0350. The van der Waals surface area contributed by atoms with Crippen LogP contribution in [0.4, 0.5) is 0 Å². The first kappa shape index (κ1) is 21.6. The highest BCUT2D eigenvalue weighted by Crippen LogP contribution is 2.27. The molecule has 3 rings (SSSR count). The van der Waals surface area contributed by atoms with Crippen molar-refractivity contribution in [1.29, 1.82) is 0 Å². The molecule has 0 radical (unpaired) electrons. The van der Waals surface area contributed by atoms with Crippen LogP contribution in [0.15, 0.2) is 47.2 Å². The van der Waals surface area contributed by atoms with Crippen LogP contribution in [-0.2, 0) is 4.79 Å². The second-order valence-electron chi connectivity index (χ2n) is 6.80. The molecule has 0 atom stereocenters. The summed E-state index contributed by atoms with van der Waals surface area (Å²) >= 11 is 9.48. The van der Waals surface area contributed by atoms with Gasteiger partial charge in [-0.3, -0.25) is 14.6 Å². The van der Waals surface area contributed by atoms with Gasteiger partial charge in [-0.05, 0) is 43.2 Å². The van der Waals surface area contributed by atoms with Crippen LogP contribution >= 0.6 is 27.5 Å². The first-order chi connectivity index (χ1) is 14.0. The van der Waals surface area contributed by atoms with Crippen LogP contribution in [0.5, 0.6) is 5.75 Å². The van der Waals surface area contributed by atoms with Crippen LogP contribution in [0, 0.1) is 0 Å². The van der Waals surface area contributed by atoms with Gasteiger partial charge in [-0.2, -0.15) is 0 Å². The summed E-state index contributed by atoms with van der Waals surface area (Å²) in [5, 5.41) is 0.539. The van der Waals surface area contributed by atoms with Crippen LogP contribution in [-0.4, -0.2) is 59.4 Å². The normalized spacial score (nSPS) is 14.4. The van der Waals surface area contributed by atoms with Crippen molar-refractivity contribution in [3.05, 3.63) is 57.8 Å². The van der Waals surface area contributed by atoms with Crippen molar-refractivity contribution in [2.24, 2.45) is 0 Å². The molecule has 0 aliphatic carbocycles. The van der Waals surface area contributed by atoms with Crippen molar-refractivity contribution in [3.63, 3.8) is 0 Å². The van der Waals surface area contributed by atoms with Gasteiger partial charge in [0.25, 0.3) is 5.91 Å². The van der Waals surface area contributed by atoms with Crippen molar-refractivity contribution < 1.29 is 14.3 Å². The highest BCUT2D eigenvalue weighted by molar-refractivity contribution is 9.10. The van der Waals surface area contributed by atoms with E-state index in [1.165, 1.54) is 0 Å². The number of rotatable bonds is 6. The Balaban J connectivity index is 1.43. The second-order valence-corrected chi connectivity index (χ2v) is 8.12. The third-order valence-electron chi connectivity index (χ3n) is 4.73. The molecule has 1 fully saturated rings. The zero-order chi connectivity index (χ0) is 20.6. The fraction of sp³-hybridized carbons (Fsp3) is 0.381. The van der Waals surface area contributed by atoms with Gasteiger partial charge in [0.15, 0.2) is 0 Å². The van der Waals surface area contributed by atoms with E-state index in [0.717, 1.165) is 10.9 Å². The third kappa shape index (κ3) is 6.18. The summed E-state index contributed by atoms with van der Waals surface area (Å²) in [5.74, 6) is 0.667. The molecule has 0 bridgehead atoms. The topological polar surface area (TPSA) is 62.7 Å². The molecular formula is C21H23BrClN3O3. The van der Waals surface area contributed by atoms with E-state index in [0.29, 0.717) is 62.0 Å². The summed E-state index contributed by atoms with van der Waals surface area (Å²) in [6, 6.07) is 8.96.